The van der Waals surface area contributed by atoms with E-state index >= 15 is 0 Å². The molecule has 0 aliphatic carbocycles. The van der Waals surface area contributed by atoms with E-state index in [0.717, 1.165) is 15.5 Å². The van der Waals surface area contributed by atoms with Crippen molar-refractivity contribution in [2.45, 2.75) is 5.03 Å². The van der Waals surface area contributed by atoms with Crippen molar-refractivity contribution in [2.24, 2.45) is 0 Å². The zero-order valence-electron chi connectivity index (χ0n) is 10.3. The van der Waals surface area contributed by atoms with Crippen molar-refractivity contribution in [2.75, 3.05) is 6.26 Å². The fraction of sp³-hybridized carbons (Fsp3) is 0.0667. The van der Waals surface area contributed by atoms with Crippen LogP contribution in [0.2, 0.25) is 0 Å². The van der Waals surface area contributed by atoms with Crippen LogP contribution in [0.25, 0.3) is 21.2 Å². The van der Waals surface area contributed by atoms with Crippen LogP contribution >= 0.6 is 23.3 Å². The number of benzene rings is 2. The first-order valence-electron chi connectivity index (χ1n) is 5.76. The van der Waals surface area contributed by atoms with Gasteiger partial charge < -0.3 is 0 Å². The minimum Gasteiger partial charge on any atom is -0.192 e. The Kier molecular flexibility index (Phi) is 3.24. The number of hydrogen-bond donors (Lipinski definition) is 0. The number of nitriles is 1. The van der Waals surface area contributed by atoms with Crippen molar-refractivity contribution in [3.05, 3.63) is 48.0 Å². The van der Waals surface area contributed by atoms with E-state index in [1.807, 2.05) is 18.4 Å². The molecule has 1 heterocycles. The minimum atomic E-state index is 0.688. The summed E-state index contributed by atoms with van der Waals surface area (Å²) in [6.45, 7) is 0. The summed E-state index contributed by atoms with van der Waals surface area (Å²) in [4.78, 5) is 0.956. The lowest BCUT2D eigenvalue weighted by molar-refractivity contribution is 1.26. The van der Waals surface area contributed by atoms with Gasteiger partial charge in [0, 0.05) is 0 Å². The monoisotopic (exact) mass is 282 g/mol. The largest absolute Gasteiger partial charge is 0.192 e. The molecule has 0 bridgehead atoms. The highest BCUT2D eigenvalue weighted by atomic mass is 32.2. The van der Waals surface area contributed by atoms with Gasteiger partial charge in [0.25, 0.3) is 0 Å². The molecule has 3 aromatic rings. The topological polar surface area (TPSA) is 36.7 Å². The molecule has 0 atom stereocenters. The molecular formula is C15H10N2S2. The Morgan fingerprint density at radius 3 is 2.68 bits per heavy atom. The van der Waals surface area contributed by atoms with Gasteiger partial charge in [-0.1, -0.05) is 36.4 Å². The zero-order chi connectivity index (χ0) is 13.2. The highest BCUT2D eigenvalue weighted by Crippen LogP contribution is 2.35. The predicted molar refractivity (Wildman–Crippen MR) is 81.6 cm³/mol. The normalized spacial score (nSPS) is 10.5. The fourth-order valence-electron chi connectivity index (χ4n) is 2.04. The molecule has 0 saturated carbocycles. The van der Waals surface area contributed by atoms with Gasteiger partial charge in [-0.15, -0.1) is 11.8 Å². The van der Waals surface area contributed by atoms with E-state index in [2.05, 4.69) is 40.8 Å². The first-order valence-corrected chi connectivity index (χ1v) is 7.76. The van der Waals surface area contributed by atoms with Crippen LogP contribution < -0.4 is 0 Å². The predicted octanol–water partition coefficient (Wildman–Crippen LogP) is 4.56. The standard InChI is InChI=1S/C15H10N2S2/c1-18-15-13(9-16)14(19-17-15)12-7-6-10-4-2-3-5-11(10)8-12/h2-8H,1H3. The molecule has 0 aliphatic heterocycles. The van der Waals surface area contributed by atoms with E-state index in [9.17, 15) is 5.26 Å². The maximum Gasteiger partial charge on any atom is 0.128 e. The smallest absolute Gasteiger partial charge is 0.128 e. The Balaban J connectivity index is 2.19. The van der Waals surface area contributed by atoms with Gasteiger partial charge in [0.2, 0.25) is 0 Å². The lowest BCUT2D eigenvalue weighted by Gasteiger charge is -2.01. The van der Waals surface area contributed by atoms with Crippen molar-refractivity contribution < 1.29 is 0 Å². The summed E-state index contributed by atoms with van der Waals surface area (Å²) in [5.41, 5.74) is 1.75. The van der Waals surface area contributed by atoms with Crippen molar-refractivity contribution in [3.63, 3.8) is 0 Å². The average Bonchev–Trinajstić information content (AvgIpc) is 2.89. The third-order valence-electron chi connectivity index (χ3n) is 2.98. The molecule has 0 aliphatic rings. The van der Waals surface area contributed by atoms with Crippen molar-refractivity contribution in [3.8, 4) is 16.5 Å². The van der Waals surface area contributed by atoms with E-state index in [1.54, 1.807) is 0 Å². The molecule has 2 nitrogen and oxygen atoms in total. The third kappa shape index (κ3) is 2.12. The molecule has 1 aromatic heterocycles. The number of fused-ring (bicyclic) bond motifs is 1. The molecule has 92 valence electrons. The first kappa shape index (κ1) is 12.2. The van der Waals surface area contributed by atoms with Crippen LogP contribution in [0.3, 0.4) is 0 Å². The summed E-state index contributed by atoms with van der Waals surface area (Å²) in [7, 11) is 0. The summed E-state index contributed by atoms with van der Waals surface area (Å²) in [5.74, 6) is 0. The van der Waals surface area contributed by atoms with Gasteiger partial charge in [0.05, 0.1) is 4.88 Å². The lowest BCUT2D eigenvalue weighted by atomic mass is 10.0. The molecule has 0 fully saturated rings. The Morgan fingerprint density at radius 1 is 1.16 bits per heavy atom. The summed E-state index contributed by atoms with van der Waals surface area (Å²) in [6.07, 6.45) is 1.94. The molecule has 0 spiro atoms. The SMILES string of the molecule is CSc1nsc(-c2ccc3ccccc3c2)c1C#N. The van der Waals surface area contributed by atoms with Crippen LogP contribution in [0.5, 0.6) is 0 Å². The Hall–Kier alpha value is -1.83. The maximum absolute atomic E-state index is 9.30. The van der Waals surface area contributed by atoms with E-state index in [4.69, 9.17) is 0 Å². The van der Waals surface area contributed by atoms with Crippen molar-refractivity contribution in [1.82, 2.24) is 4.37 Å². The summed E-state index contributed by atoms with van der Waals surface area (Å²) in [6, 6.07) is 16.8. The van der Waals surface area contributed by atoms with Crippen LogP contribution in [-0.2, 0) is 0 Å². The van der Waals surface area contributed by atoms with Gasteiger partial charge in [-0.2, -0.15) is 9.64 Å². The van der Waals surface area contributed by atoms with E-state index in [-0.39, 0.29) is 0 Å². The van der Waals surface area contributed by atoms with Gasteiger partial charge in [0.1, 0.15) is 16.7 Å². The van der Waals surface area contributed by atoms with Crippen LogP contribution in [0.4, 0.5) is 0 Å². The quantitative estimate of drug-likeness (QED) is 0.647. The van der Waals surface area contributed by atoms with Gasteiger partial charge in [-0.25, -0.2) is 0 Å². The molecule has 0 radical (unpaired) electrons. The van der Waals surface area contributed by atoms with Gasteiger partial charge in [0.15, 0.2) is 0 Å². The number of aromatic nitrogens is 1. The molecule has 0 saturated heterocycles. The number of hydrogen-bond acceptors (Lipinski definition) is 4. The second-order valence-corrected chi connectivity index (χ2v) is 5.64. The second kappa shape index (κ2) is 5.04. The van der Waals surface area contributed by atoms with Crippen molar-refractivity contribution in [1.29, 1.82) is 5.26 Å². The number of nitrogens with zero attached hydrogens (tertiary/aromatic N) is 2. The lowest BCUT2D eigenvalue weighted by Crippen LogP contribution is -1.80. The molecule has 2 aromatic carbocycles. The van der Waals surface area contributed by atoms with Crippen LogP contribution in [-0.4, -0.2) is 10.6 Å². The summed E-state index contributed by atoms with van der Waals surface area (Å²) >= 11 is 2.91. The minimum absolute atomic E-state index is 0.688. The summed E-state index contributed by atoms with van der Waals surface area (Å²) < 4.78 is 4.34. The van der Waals surface area contributed by atoms with E-state index in [0.29, 0.717) is 5.56 Å². The molecule has 0 N–H and O–H groups in total. The highest BCUT2D eigenvalue weighted by molar-refractivity contribution is 7.98. The molecule has 4 heteroatoms. The third-order valence-corrected chi connectivity index (χ3v) is 4.67. The zero-order valence-corrected chi connectivity index (χ0v) is 11.9. The van der Waals surface area contributed by atoms with E-state index < -0.39 is 0 Å². The van der Waals surface area contributed by atoms with Crippen LogP contribution in [0.1, 0.15) is 5.56 Å². The maximum atomic E-state index is 9.30. The average molecular weight is 282 g/mol. The molecular weight excluding hydrogens is 272 g/mol. The van der Waals surface area contributed by atoms with Crippen LogP contribution in [0, 0.1) is 11.3 Å². The highest BCUT2D eigenvalue weighted by Gasteiger charge is 2.14. The number of rotatable bonds is 2. The first-order chi connectivity index (χ1) is 9.33. The van der Waals surface area contributed by atoms with Crippen LogP contribution in [0.15, 0.2) is 47.5 Å². The Bertz CT molecular complexity index is 784. The van der Waals surface area contributed by atoms with Gasteiger partial charge in [-0.05, 0) is 40.2 Å². The molecule has 0 unspecified atom stereocenters. The Labute approximate surface area is 119 Å². The van der Waals surface area contributed by atoms with Gasteiger partial charge >= 0.3 is 0 Å². The van der Waals surface area contributed by atoms with Crippen molar-refractivity contribution >= 4 is 34.1 Å². The summed E-state index contributed by atoms with van der Waals surface area (Å²) in [5, 5.41) is 12.5. The Morgan fingerprint density at radius 2 is 1.95 bits per heavy atom. The number of thioether (sulfide) groups is 1. The van der Waals surface area contributed by atoms with Gasteiger partial charge in [-0.3, -0.25) is 0 Å². The fourth-order valence-corrected chi connectivity index (χ4v) is 3.60. The van der Waals surface area contributed by atoms with E-state index in [1.165, 1.54) is 34.1 Å². The molecule has 0 amide bonds. The second-order valence-electron chi connectivity index (χ2n) is 4.07. The molecule has 3 rings (SSSR count). The molecule has 19 heavy (non-hydrogen) atoms.